The molecule has 368 valence electrons. The highest BCUT2D eigenvalue weighted by atomic mass is 79.9. The number of hydrogen-bond donors (Lipinski definition) is 0. The first-order valence-corrected chi connectivity index (χ1v) is 36.2. The predicted octanol–water partition coefficient (Wildman–Crippen LogP) is -25.5. The van der Waals surface area contributed by atoms with Crippen molar-refractivity contribution in [2.45, 2.75) is 26.2 Å². The molecular weight excluding hydrogens is 1250 g/mol. The molecule has 86 radical (unpaired) electrons. The van der Waals surface area contributed by atoms with Gasteiger partial charge in [0.05, 0.1) is 5.69 Å². The molecule has 0 spiro atoms. The molecule has 86 heteroatoms. The molecule has 0 aliphatic carbocycles. The van der Waals surface area contributed by atoms with E-state index in [1.165, 1.54) is 16.7 Å². The van der Waals surface area contributed by atoms with Crippen LogP contribution >= 0.6 is 15.9 Å². The van der Waals surface area contributed by atoms with E-state index in [0.29, 0.717) is 0 Å². The molecule has 0 bridgehead atoms. The molecule has 0 saturated heterocycles. The van der Waals surface area contributed by atoms with E-state index in [1.54, 1.807) is 0 Å². The predicted molar refractivity (Wildman–Crippen MR) is 585 cm³/mol. The summed E-state index contributed by atoms with van der Waals surface area (Å²) in [5, 5.41) is 0. The van der Waals surface area contributed by atoms with Crippen LogP contribution in [0.25, 0.3) is 22.4 Å². The Morgan fingerprint density at radius 3 is 0.636 bits per heavy atom. The van der Waals surface area contributed by atoms with Gasteiger partial charge in [0, 0.05) is 611 Å². The smallest absolute Gasteiger partial charge is 0.0704 e. The SMILES string of the molecule is CC(C)(C)c1ccnc(-c2ccc(-c3ccccc3Br)cc2)c1.[B]B([B])B([B])B(B(B([B])[B])B([B])[B])B(B(B([B])[B])B([B])[B])B(B(B(B(B([B])[B])B([B])[B])B(B([B])[B])B([B])[B])B(B(B([B])[B])B([B])[B])B(B([B])[B])B([B])[B])B(B(B(B([B])[B])B([B])[B])B(B([B])[B])B([B])[B])B(B(B([B])[B])B([B])[B])B(B([B])[B])B([B])[B]. The van der Waals surface area contributed by atoms with Crippen LogP contribution in [0.1, 0.15) is 26.3 Å². The third kappa shape index (κ3) is 29.1. The second-order valence-electron chi connectivity index (χ2n) is 30.4. The zero-order valence-electron chi connectivity index (χ0n) is 62.2. The van der Waals surface area contributed by atoms with Gasteiger partial charge in [-0.1, -0.05) is 79.2 Å². The molecule has 0 aliphatic rings. The number of hydrogen-bond acceptors (Lipinski definition) is 1. The van der Waals surface area contributed by atoms with Gasteiger partial charge in [0.15, 0.2) is 0 Å². The van der Waals surface area contributed by atoms with Crippen molar-refractivity contribution in [1.29, 1.82) is 0 Å². The zero-order chi connectivity index (χ0) is 83.1. The Kier molecular flexibility index (Phi) is 48.7. The highest BCUT2D eigenvalue weighted by molar-refractivity contribution is 9.10. The van der Waals surface area contributed by atoms with Gasteiger partial charge in [-0.05, 0) is 40.3 Å². The fourth-order valence-corrected chi connectivity index (χ4v) is 18.0. The lowest BCUT2D eigenvalue weighted by atomic mass is 8.20. The summed E-state index contributed by atoms with van der Waals surface area (Å²) in [6, 6.07) is 21.2. The quantitative estimate of drug-likeness (QED) is 0.0515. The average molecular weight is 1270 g/mol. The molecule has 0 amide bonds. The van der Waals surface area contributed by atoms with Gasteiger partial charge >= 0.3 is 0 Å². The molecule has 3 aromatic rings. The van der Waals surface area contributed by atoms with Gasteiger partial charge in [-0.25, -0.2) is 0 Å². The minimum absolute atomic E-state index is 0.131. The lowest BCUT2D eigenvalue weighted by molar-refractivity contribution is 0.589. The van der Waals surface area contributed by atoms with Crippen molar-refractivity contribution in [2.75, 3.05) is 0 Å². The highest BCUT2D eigenvalue weighted by Gasteiger charge is 2.66. The number of nitrogens with zero attached hydrogens (tertiary/aromatic N) is 1. The summed E-state index contributed by atoms with van der Waals surface area (Å²) in [7, 11) is 297. The van der Waals surface area contributed by atoms with Gasteiger partial charge in [0.2, 0.25) is 0 Å². The van der Waals surface area contributed by atoms with E-state index in [2.05, 4.69) is 96.3 Å². The Hall–Kier alpha value is 3.52. The molecule has 0 unspecified atom stereocenters. The van der Waals surface area contributed by atoms with Crippen molar-refractivity contribution in [3.05, 3.63) is 76.9 Å². The summed E-state index contributed by atoms with van der Waals surface area (Å²) < 4.78 is 1.11. The molecule has 2 aromatic carbocycles. The number of rotatable bonds is 42. The molecular formula is C21H20B84BrN. The fourth-order valence-electron chi connectivity index (χ4n) is 17.5. The molecule has 1 nitrogen and oxygen atoms in total. The van der Waals surface area contributed by atoms with Crippen LogP contribution in [0, 0.1) is 0 Å². The molecule has 107 heavy (non-hydrogen) atoms. The van der Waals surface area contributed by atoms with Crippen LogP contribution in [0.4, 0.5) is 0 Å². The van der Waals surface area contributed by atoms with Crippen LogP contribution < -0.4 is 0 Å². The monoisotopic (exact) mass is 1290 g/mol. The summed E-state index contributed by atoms with van der Waals surface area (Å²) in [4.78, 5) is 4.53. The second kappa shape index (κ2) is 48.8. The van der Waals surface area contributed by atoms with Crippen molar-refractivity contribution < 1.29 is 0 Å². The lowest BCUT2D eigenvalue weighted by Gasteiger charge is -2.62. The third-order valence-electron chi connectivity index (χ3n) is 21.8. The molecule has 1 heterocycles. The number of benzene rings is 2. The first-order chi connectivity index (χ1) is 49.1. The van der Waals surface area contributed by atoms with Crippen LogP contribution in [-0.2, 0) is 5.41 Å². The minimum Gasteiger partial charge on any atom is -0.256 e. The highest BCUT2D eigenvalue weighted by Crippen LogP contribution is 2.33. The lowest BCUT2D eigenvalue weighted by Crippen LogP contribution is -3.00. The average Bonchev–Trinajstić information content (AvgIpc) is 0.712. The van der Waals surface area contributed by atoms with Crippen LogP contribution in [0.5, 0.6) is 0 Å². The number of aromatic nitrogens is 1. The Balaban J connectivity index is 0.00000141. The molecule has 0 fully saturated rings. The van der Waals surface area contributed by atoms with E-state index in [9.17, 15) is 0 Å². The maximum Gasteiger partial charge on any atom is 0.0704 e. The Labute approximate surface area is 733 Å². The van der Waals surface area contributed by atoms with Gasteiger partial charge in [-0.15, -0.1) is 0 Å². The van der Waals surface area contributed by atoms with Crippen molar-refractivity contribution >= 4 is 610 Å². The van der Waals surface area contributed by atoms with Crippen molar-refractivity contribution in [3.63, 3.8) is 0 Å². The summed E-state index contributed by atoms with van der Waals surface area (Å²) in [5.74, 6) is 0. The van der Waals surface area contributed by atoms with E-state index < -0.39 is 262 Å². The molecule has 0 N–H and O–H groups in total. The van der Waals surface area contributed by atoms with E-state index in [4.69, 9.17) is 333 Å². The summed E-state index contributed by atoms with van der Waals surface area (Å²) >= 11 is 3.62. The normalized spacial score (nSPS) is 10.2. The van der Waals surface area contributed by atoms with Gasteiger partial charge in [0.1, 0.15) is 0 Å². The van der Waals surface area contributed by atoms with E-state index >= 15 is 0 Å². The van der Waals surface area contributed by atoms with Gasteiger partial charge < -0.3 is 0 Å². The van der Waals surface area contributed by atoms with Gasteiger partial charge in [-0.3, -0.25) is 4.98 Å². The number of halogens is 1. The number of pyridine rings is 1. The second-order valence-corrected chi connectivity index (χ2v) is 31.3. The minimum atomic E-state index is -2.01. The summed E-state index contributed by atoms with van der Waals surface area (Å²) in [6.45, 7) is 6.67. The summed E-state index contributed by atoms with van der Waals surface area (Å²) in [5.41, 5.74) is 6.01. The topological polar surface area (TPSA) is 12.9 Å². The Bertz CT molecular complexity index is 2590. The van der Waals surface area contributed by atoms with Gasteiger partial charge in [-0.2, -0.15) is 0 Å². The standard InChI is InChI=1S/C21H20BrN.B84/c1-21(2,3)17-12-13-23-20(14-17)16-10-8-15(9-11-16)18-6-4-5-7-19(18)22;1-44(2)65(43)76(66(45(3)4)46(5)6)81(75(63(39)40)64(41)42)84(82(77(67(47(7)8)48(9)10)68(49(11)12)50(13)14)78(69(51(15)16)52(17)18)70(53(19)20)54(21)22)83(79(71(55(23)24)56(25)26)72(57(27)28)58(29)30)80(73(59(31)32)60(33)34)74(61(35)36)62(37)38/h4-14H,1-3H3;. The van der Waals surface area contributed by atoms with Crippen LogP contribution in [-0.4, -0.2) is 599 Å². The maximum atomic E-state index is 7.39. The molecule has 0 aliphatic heterocycles. The van der Waals surface area contributed by atoms with E-state index in [1.807, 2.05) is 12.3 Å². The maximum absolute atomic E-state index is 7.39. The van der Waals surface area contributed by atoms with E-state index in [0.717, 1.165) is 15.7 Å². The first kappa shape index (κ1) is 107. The van der Waals surface area contributed by atoms with Crippen LogP contribution in [0.2, 0.25) is 0 Å². The largest absolute Gasteiger partial charge is 0.256 e. The van der Waals surface area contributed by atoms with Crippen molar-refractivity contribution in [2.24, 2.45) is 0 Å². The van der Waals surface area contributed by atoms with Gasteiger partial charge in [0.25, 0.3) is 0 Å². The van der Waals surface area contributed by atoms with E-state index in [-0.39, 0.29) is 5.41 Å². The molecule has 0 atom stereocenters. The van der Waals surface area contributed by atoms with Crippen LogP contribution in [0.3, 0.4) is 0 Å². The fraction of sp³-hybridized carbons (Fsp3) is 0.190. The Morgan fingerprint density at radius 2 is 0.430 bits per heavy atom. The van der Waals surface area contributed by atoms with Crippen molar-refractivity contribution in [1.82, 2.24) is 4.98 Å². The summed E-state index contributed by atoms with van der Waals surface area (Å²) in [6.07, 6.45) is -68.9. The zero-order valence-corrected chi connectivity index (χ0v) is 63.8. The molecule has 1 aromatic heterocycles. The van der Waals surface area contributed by atoms with Crippen LogP contribution in [0.15, 0.2) is 71.3 Å². The molecule has 0 saturated carbocycles. The first-order valence-electron chi connectivity index (χ1n) is 35.4. The molecule has 3 rings (SSSR count). The van der Waals surface area contributed by atoms with Crippen molar-refractivity contribution in [3.8, 4) is 22.4 Å². The third-order valence-corrected chi connectivity index (χ3v) is 22.5. The Morgan fingerprint density at radius 1 is 0.234 bits per heavy atom.